The Morgan fingerprint density at radius 1 is 1.14 bits per heavy atom. The molecular formula is C26H34FNO6S. The first-order chi connectivity index (χ1) is 17.1. The maximum atomic E-state index is 13.1. The van der Waals surface area contributed by atoms with Crippen LogP contribution in [0.1, 0.15) is 30.4 Å². The molecule has 0 unspecified atom stereocenters. The largest absolute Gasteiger partial charge is 0.459 e. The number of carbonyl (C=O) groups excluding carboxylic acids is 1. The van der Waals surface area contributed by atoms with E-state index in [1.165, 1.54) is 12.1 Å². The van der Waals surface area contributed by atoms with Crippen molar-refractivity contribution in [2.24, 2.45) is 5.92 Å². The number of aliphatic hydroxyl groups is 1. The third kappa shape index (κ3) is 8.70. The highest BCUT2D eigenvalue weighted by Gasteiger charge is 2.38. The number of benzene rings is 1. The van der Waals surface area contributed by atoms with Crippen LogP contribution >= 0.6 is 11.3 Å². The molecule has 192 valence electrons. The number of allylic oxidation sites excluding steroid dienone is 1. The van der Waals surface area contributed by atoms with Gasteiger partial charge in [-0.15, -0.1) is 0 Å². The summed E-state index contributed by atoms with van der Waals surface area (Å²) in [7, 11) is 0. The SMILES string of the molecule is CCO[C@H]1OC(C(=O)NCCc2ccc(F)cc2)=C[C@@H](c2ccsc2)[C@H]1CCOCCOCCO. The molecule has 3 rings (SSSR count). The first kappa shape index (κ1) is 27.3. The predicted molar refractivity (Wildman–Crippen MR) is 132 cm³/mol. The summed E-state index contributed by atoms with van der Waals surface area (Å²) in [6.45, 7) is 4.40. The van der Waals surface area contributed by atoms with Gasteiger partial charge in [0.1, 0.15) is 5.82 Å². The van der Waals surface area contributed by atoms with Gasteiger partial charge in [-0.3, -0.25) is 4.79 Å². The van der Waals surface area contributed by atoms with Gasteiger partial charge in [0.05, 0.1) is 26.4 Å². The maximum absolute atomic E-state index is 13.1. The fraction of sp³-hybridized carbons (Fsp3) is 0.500. The molecule has 9 heteroatoms. The molecule has 0 radical (unpaired) electrons. The molecule has 0 aliphatic carbocycles. The second-order valence-corrected chi connectivity index (χ2v) is 8.87. The molecule has 2 N–H and O–H groups in total. The zero-order valence-electron chi connectivity index (χ0n) is 20.0. The number of amides is 1. The highest BCUT2D eigenvalue weighted by Crippen LogP contribution is 2.39. The second kappa shape index (κ2) is 15.0. The van der Waals surface area contributed by atoms with Crippen LogP contribution in [0.2, 0.25) is 0 Å². The van der Waals surface area contributed by atoms with E-state index in [2.05, 4.69) is 16.8 Å². The van der Waals surface area contributed by atoms with Crippen LogP contribution in [0, 0.1) is 11.7 Å². The summed E-state index contributed by atoms with van der Waals surface area (Å²) in [5, 5.41) is 15.8. The minimum absolute atomic E-state index is 0.00768. The average molecular weight is 508 g/mol. The van der Waals surface area contributed by atoms with E-state index >= 15 is 0 Å². The monoisotopic (exact) mass is 507 g/mol. The summed E-state index contributed by atoms with van der Waals surface area (Å²) in [5.41, 5.74) is 2.05. The number of ether oxygens (including phenoxy) is 4. The Morgan fingerprint density at radius 3 is 2.60 bits per heavy atom. The number of halogens is 1. The molecule has 1 aliphatic heterocycles. The number of aliphatic hydroxyl groups excluding tert-OH is 1. The maximum Gasteiger partial charge on any atom is 0.286 e. The minimum atomic E-state index is -0.581. The molecule has 0 spiro atoms. The summed E-state index contributed by atoms with van der Waals surface area (Å²) in [6, 6.07) is 8.30. The van der Waals surface area contributed by atoms with Crippen molar-refractivity contribution in [2.45, 2.75) is 32.0 Å². The van der Waals surface area contributed by atoms with Gasteiger partial charge in [0.15, 0.2) is 5.76 Å². The van der Waals surface area contributed by atoms with Crippen LogP contribution in [0.4, 0.5) is 4.39 Å². The van der Waals surface area contributed by atoms with Gasteiger partial charge in [0.2, 0.25) is 6.29 Å². The molecule has 35 heavy (non-hydrogen) atoms. The Morgan fingerprint density at radius 2 is 1.91 bits per heavy atom. The van der Waals surface area contributed by atoms with Gasteiger partial charge in [-0.25, -0.2) is 4.39 Å². The smallest absolute Gasteiger partial charge is 0.286 e. The Hall–Kier alpha value is -2.30. The normalized spacial score (nSPS) is 19.7. The standard InChI is InChI=1S/C26H34FNO6S/c1-2-33-26-22(8-12-31-14-15-32-13-11-29)23(20-9-16-35-18-20)17-24(34-26)25(30)28-10-7-19-3-5-21(27)6-4-19/h3-6,9,16-18,22-23,26,29H,2,7-8,10-15H2,1H3,(H,28,30)/t22-,23+,26+/m1/s1. The molecule has 1 aliphatic rings. The third-order valence-electron chi connectivity index (χ3n) is 5.68. The number of nitrogens with one attached hydrogen (secondary N) is 1. The third-order valence-corrected chi connectivity index (χ3v) is 6.38. The van der Waals surface area contributed by atoms with E-state index in [1.807, 2.05) is 18.4 Å². The zero-order valence-corrected chi connectivity index (χ0v) is 20.8. The van der Waals surface area contributed by atoms with Crippen LogP contribution in [0.3, 0.4) is 0 Å². The summed E-state index contributed by atoms with van der Waals surface area (Å²) in [5.74, 6) is -0.423. The van der Waals surface area contributed by atoms with Gasteiger partial charge in [-0.2, -0.15) is 11.3 Å². The molecule has 2 heterocycles. The molecule has 1 amide bonds. The van der Waals surface area contributed by atoms with Gasteiger partial charge in [-0.05, 0) is 65.9 Å². The Balaban J connectivity index is 1.62. The predicted octanol–water partition coefficient (Wildman–Crippen LogP) is 3.64. The topological polar surface area (TPSA) is 86.3 Å². The van der Waals surface area contributed by atoms with Crippen molar-refractivity contribution in [1.29, 1.82) is 0 Å². The lowest BCUT2D eigenvalue weighted by Crippen LogP contribution is -2.39. The first-order valence-electron chi connectivity index (χ1n) is 11.9. The van der Waals surface area contributed by atoms with Gasteiger partial charge in [0.25, 0.3) is 5.91 Å². The molecule has 2 aromatic rings. The quantitative estimate of drug-likeness (QED) is 0.358. The molecule has 1 aromatic carbocycles. The van der Waals surface area contributed by atoms with Crippen molar-refractivity contribution in [2.75, 3.05) is 46.2 Å². The summed E-state index contributed by atoms with van der Waals surface area (Å²) < 4.78 is 36.0. The van der Waals surface area contributed by atoms with Crippen LogP contribution in [0.5, 0.6) is 0 Å². The van der Waals surface area contributed by atoms with Crippen LogP contribution < -0.4 is 5.32 Å². The molecule has 0 bridgehead atoms. The second-order valence-electron chi connectivity index (χ2n) is 8.09. The molecular weight excluding hydrogens is 473 g/mol. The van der Waals surface area contributed by atoms with Crippen molar-refractivity contribution in [1.82, 2.24) is 5.32 Å². The lowest BCUT2D eigenvalue weighted by molar-refractivity contribution is -0.168. The molecule has 3 atom stereocenters. The van der Waals surface area contributed by atoms with Crippen molar-refractivity contribution >= 4 is 17.2 Å². The van der Waals surface area contributed by atoms with Crippen LogP contribution in [0.25, 0.3) is 0 Å². The Bertz CT molecular complexity index is 905. The first-order valence-corrected chi connectivity index (χ1v) is 12.9. The number of hydrogen-bond donors (Lipinski definition) is 2. The molecule has 0 saturated carbocycles. The van der Waals surface area contributed by atoms with E-state index in [1.54, 1.807) is 23.5 Å². The van der Waals surface area contributed by atoms with Crippen LogP contribution in [0.15, 0.2) is 52.9 Å². The summed E-state index contributed by atoms with van der Waals surface area (Å²) in [6.07, 6.45) is 2.56. The van der Waals surface area contributed by atoms with Crippen molar-refractivity contribution < 1.29 is 33.2 Å². The van der Waals surface area contributed by atoms with E-state index in [4.69, 9.17) is 24.1 Å². The van der Waals surface area contributed by atoms with E-state index in [0.29, 0.717) is 52.4 Å². The fourth-order valence-corrected chi connectivity index (χ4v) is 4.65. The van der Waals surface area contributed by atoms with Gasteiger partial charge < -0.3 is 29.4 Å². The summed E-state index contributed by atoms with van der Waals surface area (Å²) in [4.78, 5) is 12.9. The van der Waals surface area contributed by atoms with Crippen molar-refractivity contribution in [3.8, 4) is 0 Å². The number of rotatable bonds is 15. The average Bonchev–Trinajstić information content (AvgIpc) is 3.40. The van der Waals surface area contributed by atoms with E-state index in [9.17, 15) is 9.18 Å². The molecule has 0 saturated heterocycles. The van der Waals surface area contributed by atoms with Gasteiger partial charge >= 0.3 is 0 Å². The van der Waals surface area contributed by atoms with Crippen molar-refractivity contribution in [3.63, 3.8) is 0 Å². The Kier molecular flexibility index (Phi) is 11.7. The van der Waals surface area contributed by atoms with E-state index < -0.39 is 6.29 Å². The summed E-state index contributed by atoms with van der Waals surface area (Å²) >= 11 is 1.61. The zero-order chi connectivity index (χ0) is 24.9. The molecule has 0 fully saturated rings. The fourth-order valence-electron chi connectivity index (χ4n) is 3.95. The van der Waals surface area contributed by atoms with Gasteiger partial charge in [-0.1, -0.05) is 12.1 Å². The van der Waals surface area contributed by atoms with E-state index in [0.717, 1.165) is 11.1 Å². The minimum Gasteiger partial charge on any atom is -0.459 e. The highest BCUT2D eigenvalue weighted by molar-refractivity contribution is 7.08. The molecule has 7 nitrogen and oxygen atoms in total. The van der Waals surface area contributed by atoms with Crippen LogP contribution in [-0.4, -0.2) is 63.5 Å². The number of hydrogen-bond acceptors (Lipinski definition) is 7. The van der Waals surface area contributed by atoms with Gasteiger partial charge in [0, 0.05) is 31.6 Å². The van der Waals surface area contributed by atoms with Crippen LogP contribution in [-0.2, 0) is 30.2 Å². The number of carbonyl (C=O) groups is 1. The highest BCUT2D eigenvalue weighted by atomic mass is 32.1. The molecule has 1 aromatic heterocycles. The lowest BCUT2D eigenvalue weighted by Gasteiger charge is -2.36. The van der Waals surface area contributed by atoms with E-state index in [-0.39, 0.29) is 35.9 Å². The number of thiophene rings is 1. The lowest BCUT2D eigenvalue weighted by atomic mass is 9.82. The Labute approximate surface area is 209 Å². The van der Waals surface area contributed by atoms with Crippen molar-refractivity contribution in [3.05, 3.63) is 69.9 Å².